The number of aromatic nitrogens is 3. The van der Waals surface area contributed by atoms with E-state index in [1.165, 1.54) is 5.56 Å². The van der Waals surface area contributed by atoms with Gasteiger partial charge >= 0.3 is 0 Å². The van der Waals surface area contributed by atoms with Crippen LogP contribution < -0.4 is 5.32 Å². The molecule has 3 aromatic rings. The van der Waals surface area contributed by atoms with Gasteiger partial charge in [-0.1, -0.05) is 46.3 Å². The maximum absolute atomic E-state index is 4.25. The van der Waals surface area contributed by atoms with E-state index < -0.39 is 0 Å². The maximum Gasteiger partial charge on any atom is 0.117 e. The van der Waals surface area contributed by atoms with Crippen molar-refractivity contribution in [3.8, 4) is 11.3 Å². The van der Waals surface area contributed by atoms with Crippen LogP contribution >= 0.6 is 15.9 Å². The Morgan fingerprint density at radius 2 is 1.90 bits per heavy atom. The minimum absolute atomic E-state index is 0.627. The summed E-state index contributed by atoms with van der Waals surface area (Å²) in [6, 6.07) is 16.2. The normalized spacial score (nSPS) is 10.6. The molecule has 21 heavy (non-hydrogen) atoms. The first-order valence-electron chi connectivity index (χ1n) is 6.69. The van der Waals surface area contributed by atoms with Crippen molar-refractivity contribution in [3.63, 3.8) is 0 Å². The number of rotatable bonds is 4. The fourth-order valence-electron chi connectivity index (χ4n) is 2.14. The molecule has 0 aliphatic heterocycles. The molecule has 3 rings (SSSR count). The van der Waals surface area contributed by atoms with Crippen LogP contribution in [0.2, 0.25) is 0 Å². The highest BCUT2D eigenvalue weighted by atomic mass is 79.9. The molecule has 0 bridgehead atoms. The Balaban J connectivity index is 1.77. The maximum atomic E-state index is 4.25. The molecule has 2 N–H and O–H groups in total. The second kappa shape index (κ2) is 6.10. The molecule has 5 heteroatoms. The van der Waals surface area contributed by atoms with Crippen molar-refractivity contribution >= 4 is 21.6 Å². The lowest BCUT2D eigenvalue weighted by Crippen LogP contribution is -2.01. The first-order valence-corrected chi connectivity index (χ1v) is 7.48. The Kier molecular flexibility index (Phi) is 4.01. The number of nitrogens with one attached hydrogen (secondary N) is 2. The van der Waals surface area contributed by atoms with Crippen molar-refractivity contribution < 1.29 is 0 Å². The molecule has 0 saturated heterocycles. The Labute approximate surface area is 131 Å². The number of hydrogen-bond acceptors (Lipinski definition) is 3. The quantitative estimate of drug-likeness (QED) is 0.748. The number of aromatic amines is 1. The average molecular weight is 343 g/mol. The summed E-state index contributed by atoms with van der Waals surface area (Å²) in [5.74, 6) is 0. The minimum atomic E-state index is 0.627. The van der Waals surface area contributed by atoms with E-state index >= 15 is 0 Å². The number of halogens is 1. The van der Waals surface area contributed by atoms with Crippen molar-refractivity contribution in [2.24, 2.45) is 0 Å². The van der Waals surface area contributed by atoms with Crippen LogP contribution in [0.1, 0.15) is 11.3 Å². The molecule has 0 unspecified atom stereocenters. The van der Waals surface area contributed by atoms with E-state index in [1.54, 1.807) is 0 Å². The predicted octanol–water partition coefficient (Wildman–Crippen LogP) is 4.15. The summed E-state index contributed by atoms with van der Waals surface area (Å²) in [6.45, 7) is 2.70. The summed E-state index contributed by atoms with van der Waals surface area (Å²) in [6.07, 6.45) is 0. The molecule has 0 atom stereocenters. The third kappa shape index (κ3) is 3.13. The van der Waals surface area contributed by atoms with Gasteiger partial charge in [0.25, 0.3) is 0 Å². The van der Waals surface area contributed by atoms with E-state index in [0.717, 1.165) is 27.1 Å². The van der Waals surface area contributed by atoms with Crippen LogP contribution in [0.15, 0.2) is 53.0 Å². The summed E-state index contributed by atoms with van der Waals surface area (Å²) in [7, 11) is 0. The third-order valence-corrected chi connectivity index (χ3v) is 4.17. The van der Waals surface area contributed by atoms with Crippen LogP contribution in [0.3, 0.4) is 0 Å². The van der Waals surface area contributed by atoms with Gasteiger partial charge in [0.2, 0.25) is 0 Å². The monoisotopic (exact) mass is 342 g/mol. The van der Waals surface area contributed by atoms with Crippen LogP contribution in [0.4, 0.5) is 5.69 Å². The summed E-state index contributed by atoms with van der Waals surface area (Å²) >= 11 is 3.51. The van der Waals surface area contributed by atoms with E-state index in [0.29, 0.717) is 6.54 Å². The van der Waals surface area contributed by atoms with Crippen molar-refractivity contribution in [3.05, 3.63) is 64.3 Å². The largest absolute Gasteiger partial charge is 0.379 e. The summed E-state index contributed by atoms with van der Waals surface area (Å²) in [4.78, 5) is 0. The standard InChI is InChI=1S/C16H15BrN4/c1-11-9-13(7-8-14(11)17)18-10-15-16(20-21-19-15)12-5-3-2-4-6-12/h2-9,18H,10H2,1H3,(H,19,20,21). The molecule has 0 aliphatic carbocycles. The minimum Gasteiger partial charge on any atom is -0.379 e. The van der Waals surface area contributed by atoms with Gasteiger partial charge in [-0.15, -0.1) is 0 Å². The Morgan fingerprint density at radius 3 is 2.67 bits per heavy atom. The second-order valence-corrected chi connectivity index (χ2v) is 5.66. The van der Waals surface area contributed by atoms with Gasteiger partial charge < -0.3 is 5.32 Å². The van der Waals surface area contributed by atoms with Gasteiger partial charge in [-0.25, -0.2) is 0 Å². The molecule has 0 radical (unpaired) electrons. The Morgan fingerprint density at radius 1 is 1.10 bits per heavy atom. The highest BCUT2D eigenvalue weighted by Gasteiger charge is 2.09. The molecule has 0 amide bonds. The zero-order valence-electron chi connectivity index (χ0n) is 11.6. The molecule has 1 aromatic heterocycles. The van der Waals surface area contributed by atoms with Gasteiger partial charge in [0.15, 0.2) is 0 Å². The second-order valence-electron chi connectivity index (χ2n) is 4.80. The van der Waals surface area contributed by atoms with E-state index in [2.05, 4.69) is 49.6 Å². The molecule has 0 saturated carbocycles. The summed E-state index contributed by atoms with van der Waals surface area (Å²) < 4.78 is 1.11. The molecular formula is C16H15BrN4. The SMILES string of the molecule is Cc1cc(NCc2n[nH]nc2-c2ccccc2)ccc1Br. The topological polar surface area (TPSA) is 53.6 Å². The third-order valence-electron chi connectivity index (χ3n) is 3.29. The number of hydrogen-bond donors (Lipinski definition) is 2. The molecule has 4 nitrogen and oxygen atoms in total. The van der Waals surface area contributed by atoms with Crippen molar-refractivity contribution in [1.82, 2.24) is 15.4 Å². The molecule has 106 valence electrons. The highest BCUT2D eigenvalue weighted by molar-refractivity contribution is 9.10. The van der Waals surface area contributed by atoms with Gasteiger partial charge in [-0.05, 0) is 30.7 Å². The molecule has 0 fully saturated rings. The molecule has 0 aliphatic rings. The lowest BCUT2D eigenvalue weighted by Gasteiger charge is -2.07. The van der Waals surface area contributed by atoms with Crippen LogP contribution in [0.5, 0.6) is 0 Å². The number of H-pyrrole nitrogens is 1. The number of nitrogens with zero attached hydrogens (tertiary/aromatic N) is 2. The molecule has 2 aromatic carbocycles. The number of anilines is 1. The van der Waals surface area contributed by atoms with Gasteiger partial charge in [0.05, 0.1) is 6.54 Å². The Hall–Kier alpha value is -2.14. The number of aryl methyl sites for hydroxylation is 1. The van der Waals surface area contributed by atoms with Gasteiger partial charge in [0, 0.05) is 15.7 Å². The van der Waals surface area contributed by atoms with Crippen LogP contribution in [-0.2, 0) is 6.54 Å². The van der Waals surface area contributed by atoms with E-state index in [-0.39, 0.29) is 0 Å². The van der Waals surface area contributed by atoms with Gasteiger partial charge in [-0.3, -0.25) is 0 Å². The molecule has 0 spiro atoms. The summed E-state index contributed by atoms with van der Waals surface area (Å²) in [5, 5.41) is 14.6. The zero-order valence-corrected chi connectivity index (χ0v) is 13.2. The lowest BCUT2D eigenvalue weighted by molar-refractivity contribution is 0.911. The fourth-order valence-corrected chi connectivity index (χ4v) is 2.39. The highest BCUT2D eigenvalue weighted by Crippen LogP contribution is 2.22. The zero-order chi connectivity index (χ0) is 14.7. The van der Waals surface area contributed by atoms with E-state index in [9.17, 15) is 0 Å². The smallest absolute Gasteiger partial charge is 0.117 e. The first-order chi connectivity index (χ1) is 10.2. The van der Waals surface area contributed by atoms with E-state index in [1.807, 2.05) is 42.5 Å². The molecule has 1 heterocycles. The fraction of sp³-hybridized carbons (Fsp3) is 0.125. The van der Waals surface area contributed by atoms with Crippen molar-refractivity contribution in [1.29, 1.82) is 0 Å². The number of benzene rings is 2. The average Bonchev–Trinajstić information content (AvgIpc) is 2.98. The van der Waals surface area contributed by atoms with Crippen LogP contribution in [0, 0.1) is 6.92 Å². The van der Waals surface area contributed by atoms with Gasteiger partial charge in [0.1, 0.15) is 11.4 Å². The van der Waals surface area contributed by atoms with Crippen LogP contribution in [0.25, 0.3) is 11.3 Å². The lowest BCUT2D eigenvalue weighted by atomic mass is 10.1. The van der Waals surface area contributed by atoms with Gasteiger partial charge in [-0.2, -0.15) is 15.4 Å². The predicted molar refractivity (Wildman–Crippen MR) is 88.0 cm³/mol. The Bertz CT molecular complexity index is 737. The summed E-state index contributed by atoms with van der Waals surface area (Å²) in [5.41, 5.74) is 5.12. The van der Waals surface area contributed by atoms with E-state index in [4.69, 9.17) is 0 Å². The first kappa shape index (κ1) is 13.8. The van der Waals surface area contributed by atoms with Crippen molar-refractivity contribution in [2.75, 3.05) is 5.32 Å². The van der Waals surface area contributed by atoms with Crippen molar-refractivity contribution in [2.45, 2.75) is 13.5 Å². The van der Waals surface area contributed by atoms with Crippen LogP contribution in [-0.4, -0.2) is 15.4 Å². The molecular weight excluding hydrogens is 328 g/mol.